The molecule has 0 saturated carbocycles. The van der Waals surface area contributed by atoms with Gasteiger partial charge in [0.25, 0.3) is 0 Å². The van der Waals surface area contributed by atoms with Gasteiger partial charge in [-0.05, 0) is 46.7 Å². The van der Waals surface area contributed by atoms with Crippen LogP contribution in [0.1, 0.15) is 24.9 Å². The fourth-order valence-electron chi connectivity index (χ4n) is 0.946. The molecule has 0 fully saturated rings. The summed E-state index contributed by atoms with van der Waals surface area (Å²) in [6.07, 6.45) is 1.00. The highest BCUT2D eigenvalue weighted by atomic mass is 127. The molecule has 1 nitrogen and oxygen atoms in total. The van der Waals surface area contributed by atoms with Crippen molar-refractivity contribution in [1.82, 2.24) is 0 Å². The molecule has 0 aliphatic rings. The molecule has 0 heterocycles. The van der Waals surface area contributed by atoms with E-state index in [1.807, 2.05) is 0 Å². The first-order chi connectivity index (χ1) is 5.24. The Morgan fingerprint density at radius 2 is 1.91 bits per heavy atom. The molecule has 1 aromatic rings. The molecule has 0 amide bonds. The molecule has 60 valence electrons. The van der Waals surface area contributed by atoms with Gasteiger partial charge >= 0.3 is 0 Å². The van der Waals surface area contributed by atoms with Crippen LogP contribution < -0.4 is 5.73 Å². The minimum Gasteiger partial charge on any atom is -0.324 e. The number of benzene rings is 1. The maximum absolute atomic E-state index is 5.84. The molecule has 0 radical (unpaired) electrons. The highest BCUT2D eigenvalue weighted by Gasteiger charge is 2.00. The van der Waals surface area contributed by atoms with Crippen molar-refractivity contribution in [2.75, 3.05) is 0 Å². The number of rotatable bonds is 2. The van der Waals surface area contributed by atoms with Crippen LogP contribution in [0, 0.1) is 3.57 Å². The normalized spacial score (nSPS) is 13.0. The molecule has 0 unspecified atom stereocenters. The molecule has 1 atom stereocenters. The molecule has 1 aromatic carbocycles. The van der Waals surface area contributed by atoms with Crippen LogP contribution in [-0.4, -0.2) is 0 Å². The minimum absolute atomic E-state index is 0.201. The Bertz CT molecular complexity index is 218. The third kappa shape index (κ3) is 2.45. The van der Waals surface area contributed by atoms with Crippen LogP contribution in [0.2, 0.25) is 0 Å². The van der Waals surface area contributed by atoms with Gasteiger partial charge in [0.2, 0.25) is 0 Å². The fourth-order valence-corrected chi connectivity index (χ4v) is 1.31. The molecule has 2 N–H and O–H groups in total. The smallest absolute Gasteiger partial charge is 0.0292 e. The molecule has 2 heteroatoms. The largest absolute Gasteiger partial charge is 0.324 e. The molecule has 0 aliphatic carbocycles. The van der Waals surface area contributed by atoms with E-state index in [4.69, 9.17) is 5.73 Å². The summed E-state index contributed by atoms with van der Waals surface area (Å²) < 4.78 is 1.26. The third-order valence-corrected chi connectivity index (χ3v) is 2.46. The molecular weight excluding hydrogens is 249 g/mol. The van der Waals surface area contributed by atoms with E-state index in [9.17, 15) is 0 Å². The highest BCUT2D eigenvalue weighted by molar-refractivity contribution is 14.1. The topological polar surface area (TPSA) is 26.0 Å². The quantitative estimate of drug-likeness (QED) is 0.814. The van der Waals surface area contributed by atoms with Crippen LogP contribution in [-0.2, 0) is 0 Å². The van der Waals surface area contributed by atoms with Crippen molar-refractivity contribution in [2.24, 2.45) is 5.73 Å². The zero-order chi connectivity index (χ0) is 8.27. The summed E-state index contributed by atoms with van der Waals surface area (Å²) in [4.78, 5) is 0. The number of hydrogen-bond acceptors (Lipinski definition) is 1. The summed E-state index contributed by atoms with van der Waals surface area (Å²) >= 11 is 2.29. The first-order valence-corrected chi connectivity index (χ1v) is 4.83. The van der Waals surface area contributed by atoms with Gasteiger partial charge in [0, 0.05) is 9.61 Å². The molecular formula is C9H12IN. The van der Waals surface area contributed by atoms with Gasteiger partial charge in [-0.1, -0.05) is 19.1 Å². The van der Waals surface area contributed by atoms with E-state index >= 15 is 0 Å². The van der Waals surface area contributed by atoms with Crippen LogP contribution in [0.25, 0.3) is 0 Å². The third-order valence-electron chi connectivity index (χ3n) is 1.74. The van der Waals surface area contributed by atoms with Gasteiger partial charge in [-0.3, -0.25) is 0 Å². The molecule has 1 rings (SSSR count). The van der Waals surface area contributed by atoms with Gasteiger partial charge < -0.3 is 5.73 Å². The van der Waals surface area contributed by atoms with Crippen molar-refractivity contribution in [3.8, 4) is 0 Å². The lowest BCUT2D eigenvalue weighted by molar-refractivity contribution is 0.698. The second kappa shape index (κ2) is 4.07. The Balaban J connectivity index is 2.81. The van der Waals surface area contributed by atoms with E-state index in [2.05, 4.69) is 53.8 Å². The molecule has 0 aromatic heterocycles. The Kier molecular flexibility index (Phi) is 3.33. The van der Waals surface area contributed by atoms with Gasteiger partial charge in [-0.2, -0.15) is 0 Å². The lowest BCUT2D eigenvalue weighted by Crippen LogP contribution is -2.07. The van der Waals surface area contributed by atoms with E-state index in [1.54, 1.807) is 0 Å². The average Bonchev–Trinajstić information content (AvgIpc) is 2.05. The van der Waals surface area contributed by atoms with Gasteiger partial charge in [0.1, 0.15) is 0 Å². The van der Waals surface area contributed by atoms with Crippen LogP contribution in [0.15, 0.2) is 24.3 Å². The average molecular weight is 261 g/mol. The SMILES string of the molecule is CC[C@@H](N)c1ccc(I)cc1. The van der Waals surface area contributed by atoms with E-state index < -0.39 is 0 Å². The fraction of sp³-hybridized carbons (Fsp3) is 0.333. The van der Waals surface area contributed by atoms with Gasteiger partial charge in [-0.15, -0.1) is 0 Å². The minimum atomic E-state index is 0.201. The standard InChI is InChI=1S/C9H12IN/c1-2-9(11)7-3-5-8(10)6-4-7/h3-6,9H,2,11H2,1H3/t9-/m1/s1. The molecule has 11 heavy (non-hydrogen) atoms. The van der Waals surface area contributed by atoms with Crippen LogP contribution in [0.5, 0.6) is 0 Å². The Labute approximate surface area is 81.1 Å². The highest BCUT2D eigenvalue weighted by Crippen LogP contribution is 2.14. The zero-order valence-corrected chi connectivity index (χ0v) is 8.71. The Hall–Kier alpha value is -0.0900. The summed E-state index contributed by atoms with van der Waals surface area (Å²) in [6.45, 7) is 2.10. The number of hydrogen-bond donors (Lipinski definition) is 1. The van der Waals surface area contributed by atoms with Gasteiger partial charge in [-0.25, -0.2) is 0 Å². The van der Waals surface area contributed by atoms with Gasteiger partial charge in [0.05, 0.1) is 0 Å². The molecule has 0 aliphatic heterocycles. The van der Waals surface area contributed by atoms with Crippen molar-refractivity contribution >= 4 is 22.6 Å². The van der Waals surface area contributed by atoms with Crippen molar-refractivity contribution in [1.29, 1.82) is 0 Å². The Morgan fingerprint density at radius 3 is 2.36 bits per heavy atom. The maximum Gasteiger partial charge on any atom is 0.0292 e. The monoisotopic (exact) mass is 261 g/mol. The van der Waals surface area contributed by atoms with E-state index in [0.717, 1.165) is 6.42 Å². The van der Waals surface area contributed by atoms with Crippen LogP contribution in [0.4, 0.5) is 0 Å². The van der Waals surface area contributed by atoms with E-state index in [0.29, 0.717) is 0 Å². The predicted molar refractivity (Wildman–Crippen MR) is 56.4 cm³/mol. The zero-order valence-electron chi connectivity index (χ0n) is 6.55. The summed E-state index contributed by atoms with van der Waals surface area (Å²) in [5, 5.41) is 0. The summed E-state index contributed by atoms with van der Waals surface area (Å²) in [6, 6.07) is 8.56. The van der Waals surface area contributed by atoms with E-state index in [-0.39, 0.29) is 6.04 Å². The lowest BCUT2D eigenvalue weighted by atomic mass is 10.1. The lowest BCUT2D eigenvalue weighted by Gasteiger charge is -2.07. The molecule has 0 saturated heterocycles. The number of nitrogens with two attached hydrogens (primary N) is 1. The van der Waals surface area contributed by atoms with Crippen LogP contribution >= 0.6 is 22.6 Å². The van der Waals surface area contributed by atoms with E-state index in [1.165, 1.54) is 9.13 Å². The number of halogens is 1. The molecule has 0 bridgehead atoms. The Morgan fingerprint density at radius 1 is 1.36 bits per heavy atom. The summed E-state index contributed by atoms with van der Waals surface area (Å²) in [5.74, 6) is 0. The van der Waals surface area contributed by atoms with Crippen molar-refractivity contribution in [2.45, 2.75) is 19.4 Å². The summed E-state index contributed by atoms with van der Waals surface area (Å²) in [5.41, 5.74) is 7.07. The first-order valence-electron chi connectivity index (χ1n) is 3.75. The van der Waals surface area contributed by atoms with Gasteiger partial charge in [0.15, 0.2) is 0 Å². The second-order valence-corrected chi connectivity index (χ2v) is 3.81. The van der Waals surface area contributed by atoms with Crippen molar-refractivity contribution < 1.29 is 0 Å². The maximum atomic E-state index is 5.84. The van der Waals surface area contributed by atoms with Crippen LogP contribution in [0.3, 0.4) is 0 Å². The second-order valence-electron chi connectivity index (χ2n) is 2.57. The molecule has 0 spiro atoms. The first kappa shape index (κ1) is 9.00. The van der Waals surface area contributed by atoms with Crippen molar-refractivity contribution in [3.63, 3.8) is 0 Å². The predicted octanol–water partition coefficient (Wildman–Crippen LogP) is 2.70. The summed E-state index contributed by atoms with van der Waals surface area (Å²) in [7, 11) is 0. The van der Waals surface area contributed by atoms with Crippen molar-refractivity contribution in [3.05, 3.63) is 33.4 Å².